The van der Waals surface area contributed by atoms with Crippen LogP contribution in [0.2, 0.25) is 0 Å². The molecule has 0 rings (SSSR count). The number of unbranched alkanes of at least 4 members (excludes halogenated alkanes) is 1. The quantitative estimate of drug-likeness (QED) is 0.572. The number of hydrogen-bond donors (Lipinski definition) is 1. The lowest BCUT2D eigenvalue weighted by atomic mass is 9.92. The summed E-state index contributed by atoms with van der Waals surface area (Å²) in [6.07, 6.45) is 7.03. The maximum atomic E-state index is 9.86. The molecule has 1 N–H and O–H groups in total. The van der Waals surface area contributed by atoms with E-state index in [2.05, 4.69) is 20.8 Å². The molecule has 0 aromatic carbocycles. The van der Waals surface area contributed by atoms with E-state index in [1.807, 2.05) is 11.8 Å². The monoisotopic (exact) mass is 232 g/mol. The van der Waals surface area contributed by atoms with Gasteiger partial charge in [-0.3, -0.25) is 0 Å². The molecule has 0 aliphatic carbocycles. The van der Waals surface area contributed by atoms with E-state index in [0.717, 1.165) is 24.5 Å². The molecule has 2 heteroatoms. The second-order valence-electron chi connectivity index (χ2n) is 4.29. The van der Waals surface area contributed by atoms with Crippen molar-refractivity contribution in [3.63, 3.8) is 0 Å². The van der Waals surface area contributed by atoms with Crippen LogP contribution in [0.25, 0.3) is 0 Å². The van der Waals surface area contributed by atoms with Gasteiger partial charge in [0.15, 0.2) is 0 Å². The minimum Gasteiger partial charge on any atom is -0.393 e. The number of thioether (sulfide) groups is 1. The molecule has 2 unspecified atom stereocenters. The topological polar surface area (TPSA) is 20.2 Å². The van der Waals surface area contributed by atoms with Crippen LogP contribution in [-0.2, 0) is 0 Å². The van der Waals surface area contributed by atoms with Crippen molar-refractivity contribution in [2.24, 2.45) is 5.92 Å². The summed E-state index contributed by atoms with van der Waals surface area (Å²) < 4.78 is 0. The standard InChI is InChI=1S/C13H28OS/c1-4-7-8-12(5-2)11-13(14)9-10-15-6-3/h12-14H,4-11H2,1-3H3. The second-order valence-corrected chi connectivity index (χ2v) is 5.69. The van der Waals surface area contributed by atoms with Gasteiger partial charge in [0, 0.05) is 0 Å². The third-order valence-corrected chi connectivity index (χ3v) is 3.88. The van der Waals surface area contributed by atoms with Gasteiger partial charge in [0.25, 0.3) is 0 Å². The van der Waals surface area contributed by atoms with Gasteiger partial charge in [0.05, 0.1) is 6.10 Å². The van der Waals surface area contributed by atoms with Crippen LogP contribution >= 0.6 is 11.8 Å². The van der Waals surface area contributed by atoms with Crippen LogP contribution in [0.5, 0.6) is 0 Å². The van der Waals surface area contributed by atoms with Gasteiger partial charge in [-0.25, -0.2) is 0 Å². The van der Waals surface area contributed by atoms with Gasteiger partial charge < -0.3 is 5.11 Å². The zero-order chi connectivity index (χ0) is 11.5. The highest BCUT2D eigenvalue weighted by molar-refractivity contribution is 7.99. The minimum atomic E-state index is -0.0640. The third kappa shape index (κ3) is 9.25. The molecule has 0 bridgehead atoms. The van der Waals surface area contributed by atoms with E-state index in [-0.39, 0.29) is 6.10 Å². The van der Waals surface area contributed by atoms with Gasteiger partial charge >= 0.3 is 0 Å². The Morgan fingerprint density at radius 1 is 1.13 bits per heavy atom. The summed E-state index contributed by atoms with van der Waals surface area (Å²) >= 11 is 1.93. The van der Waals surface area contributed by atoms with Crippen molar-refractivity contribution in [1.29, 1.82) is 0 Å². The molecule has 0 spiro atoms. The Morgan fingerprint density at radius 2 is 1.87 bits per heavy atom. The van der Waals surface area contributed by atoms with Crippen molar-refractivity contribution in [3.8, 4) is 0 Å². The maximum absolute atomic E-state index is 9.86. The van der Waals surface area contributed by atoms with Crippen LogP contribution < -0.4 is 0 Å². The summed E-state index contributed by atoms with van der Waals surface area (Å²) in [5, 5.41) is 9.86. The van der Waals surface area contributed by atoms with E-state index < -0.39 is 0 Å². The molecule has 0 aliphatic heterocycles. The molecule has 0 aromatic heterocycles. The predicted octanol–water partition coefficient (Wildman–Crippen LogP) is 4.10. The smallest absolute Gasteiger partial charge is 0.0550 e. The number of hydrogen-bond acceptors (Lipinski definition) is 2. The van der Waals surface area contributed by atoms with Gasteiger partial charge in [-0.2, -0.15) is 11.8 Å². The largest absolute Gasteiger partial charge is 0.393 e. The molecule has 92 valence electrons. The lowest BCUT2D eigenvalue weighted by Crippen LogP contribution is -2.14. The fourth-order valence-corrected chi connectivity index (χ4v) is 2.58. The van der Waals surface area contributed by atoms with Crippen molar-refractivity contribution < 1.29 is 5.11 Å². The SMILES string of the molecule is CCCCC(CC)CC(O)CCSCC. The van der Waals surface area contributed by atoms with Crippen LogP contribution in [0.4, 0.5) is 0 Å². The first-order valence-electron chi connectivity index (χ1n) is 6.50. The molecule has 0 saturated carbocycles. The van der Waals surface area contributed by atoms with Crippen molar-refractivity contribution in [1.82, 2.24) is 0 Å². The van der Waals surface area contributed by atoms with E-state index in [9.17, 15) is 5.11 Å². The predicted molar refractivity (Wildman–Crippen MR) is 71.5 cm³/mol. The van der Waals surface area contributed by atoms with Gasteiger partial charge in [0.2, 0.25) is 0 Å². The first kappa shape index (κ1) is 15.3. The number of rotatable bonds is 10. The fourth-order valence-electron chi connectivity index (χ4n) is 1.85. The van der Waals surface area contributed by atoms with Crippen LogP contribution in [0, 0.1) is 5.92 Å². The first-order valence-corrected chi connectivity index (χ1v) is 7.65. The van der Waals surface area contributed by atoms with Crippen molar-refractivity contribution in [2.45, 2.75) is 65.4 Å². The summed E-state index contributed by atoms with van der Waals surface area (Å²) in [5.74, 6) is 3.02. The van der Waals surface area contributed by atoms with E-state index in [4.69, 9.17) is 0 Å². The van der Waals surface area contributed by atoms with Crippen LogP contribution in [0.15, 0.2) is 0 Å². The summed E-state index contributed by atoms with van der Waals surface area (Å²) in [4.78, 5) is 0. The highest BCUT2D eigenvalue weighted by Gasteiger charge is 2.12. The van der Waals surface area contributed by atoms with Crippen LogP contribution in [-0.4, -0.2) is 22.7 Å². The van der Waals surface area contributed by atoms with Crippen molar-refractivity contribution in [2.75, 3.05) is 11.5 Å². The zero-order valence-corrected chi connectivity index (χ0v) is 11.5. The van der Waals surface area contributed by atoms with Crippen LogP contribution in [0.3, 0.4) is 0 Å². The van der Waals surface area contributed by atoms with Gasteiger partial charge in [-0.05, 0) is 30.3 Å². The third-order valence-electron chi connectivity index (χ3n) is 2.95. The second kappa shape index (κ2) is 10.8. The molecule has 0 radical (unpaired) electrons. The summed E-state index contributed by atoms with van der Waals surface area (Å²) in [6, 6.07) is 0. The maximum Gasteiger partial charge on any atom is 0.0550 e. The average Bonchev–Trinajstić information content (AvgIpc) is 2.24. The molecule has 15 heavy (non-hydrogen) atoms. The summed E-state index contributed by atoms with van der Waals surface area (Å²) in [7, 11) is 0. The molecule has 0 fully saturated rings. The molecular weight excluding hydrogens is 204 g/mol. The molecule has 0 aliphatic rings. The Bertz CT molecular complexity index is 128. The van der Waals surface area contributed by atoms with Crippen molar-refractivity contribution in [3.05, 3.63) is 0 Å². The Kier molecular flexibility index (Phi) is 11.0. The molecule has 0 aromatic rings. The Hall–Kier alpha value is 0.310. The molecular formula is C13H28OS. The minimum absolute atomic E-state index is 0.0640. The molecule has 0 saturated heterocycles. The first-order chi connectivity index (χ1) is 7.24. The zero-order valence-electron chi connectivity index (χ0n) is 10.7. The van der Waals surface area contributed by atoms with E-state index in [1.165, 1.54) is 31.4 Å². The van der Waals surface area contributed by atoms with E-state index in [0.29, 0.717) is 0 Å². The Labute approximate surface area is 100 Å². The van der Waals surface area contributed by atoms with E-state index >= 15 is 0 Å². The average molecular weight is 232 g/mol. The number of aliphatic hydroxyl groups is 1. The summed E-state index contributed by atoms with van der Waals surface area (Å²) in [6.45, 7) is 6.65. The van der Waals surface area contributed by atoms with E-state index in [1.54, 1.807) is 0 Å². The summed E-state index contributed by atoms with van der Waals surface area (Å²) in [5.41, 5.74) is 0. The molecule has 2 atom stereocenters. The molecule has 0 amide bonds. The van der Waals surface area contributed by atoms with Gasteiger partial charge in [-0.1, -0.05) is 46.5 Å². The Morgan fingerprint density at radius 3 is 2.40 bits per heavy atom. The highest BCUT2D eigenvalue weighted by atomic mass is 32.2. The van der Waals surface area contributed by atoms with Crippen LogP contribution in [0.1, 0.15) is 59.3 Å². The normalized spacial score (nSPS) is 15.2. The Balaban J connectivity index is 3.55. The highest BCUT2D eigenvalue weighted by Crippen LogP contribution is 2.20. The fraction of sp³-hybridized carbons (Fsp3) is 1.00. The number of aliphatic hydroxyl groups excluding tert-OH is 1. The van der Waals surface area contributed by atoms with Gasteiger partial charge in [0.1, 0.15) is 0 Å². The lowest BCUT2D eigenvalue weighted by molar-refractivity contribution is 0.135. The molecule has 0 heterocycles. The molecule has 1 nitrogen and oxygen atoms in total. The van der Waals surface area contributed by atoms with Gasteiger partial charge in [-0.15, -0.1) is 0 Å². The van der Waals surface area contributed by atoms with Crippen molar-refractivity contribution >= 4 is 11.8 Å². The lowest BCUT2D eigenvalue weighted by Gasteiger charge is -2.18.